The number of nitrogens with one attached hydrogen (secondary N) is 1. The fourth-order valence-corrected chi connectivity index (χ4v) is 3.01. The second kappa shape index (κ2) is 7.75. The molecule has 1 N–H and O–H groups in total. The topological polar surface area (TPSA) is 61.9 Å². The molecule has 0 aromatic heterocycles. The molecule has 1 aromatic rings. The highest BCUT2D eigenvalue weighted by atomic mass is 19.4. The van der Waals surface area contributed by atoms with Gasteiger partial charge in [-0.15, -0.1) is 13.2 Å². The molecule has 1 saturated heterocycles. The minimum absolute atomic E-state index is 0.0116. The lowest BCUT2D eigenvalue weighted by Gasteiger charge is -2.37. The number of rotatable bonds is 5. The van der Waals surface area contributed by atoms with Crippen molar-refractivity contribution in [3.63, 3.8) is 0 Å². The van der Waals surface area contributed by atoms with Gasteiger partial charge in [-0.25, -0.2) is 0 Å². The lowest BCUT2D eigenvalue weighted by molar-refractivity contribution is -0.274. The summed E-state index contributed by atoms with van der Waals surface area (Å²) >= 11 is 0. The minimum atomic E-state index is -4.76. The Bertz CT molecular complexity index is 681. The maximum atomic E-state index is 12.5. The largest absolute Gasteiger partial charge is 0.573 e. The van der Waals surface area contributed by atoms with Gasteiger partial charge in [0.25, 0.3) is 5.91 Å². The van der Waals surface area contributed by atoms with Gasteiger partial charge in [0.1, 0.15) is 5.75 Å². The van der Waals surface area contributed by atoms with Gasteiger partial charge >= 0.3 is 6.36 Å². The van der Waals surface area contributed by atoms with Crippen LogP contribution >= 0.6 is 0 Å². The summed E-state index contributed by atoms with van der Waals surface area (Å²) in [7, 11) is 0. The first kappa shape index (κ1) is 19.5. The first-order chi connectivity index (χ1) is 12.7. The molecule has 0 bridgehead atoms. The Kier molecular flexibility index (Phi) is 5.59. The molecule has 0 radical (unpaired) electrons. The van der Waals surface area contributed by atoms with Crippen molar-refractivity contribution >= 4 is 11.8 Å². The van der Waals surface area contributed by atoms with Crippen LogP contribution in [-0.4, -0.2) is 66.2 Å². The second-order valence-electron chi connectivity index (χ2n) is 6.86. The summed E-state index contributed by atoms with van der Waals surface area (Å²) in [5, 5.41) is 2.98. The molecule has 1 aromatic carbocycles. The van der Waals surface area contributed by atoms with E-state index in [4.69, 9.17) is 0 Å². The van der Waals surface area contributed by atoms with E-state index in [0.29, 0.717) is 37.8 Å². The smallest absolute Gasteiger partial charge is 0.406 e. The van der Waals surface area contributed by atoms with Crippen molar-refractivity contribution in [2.45, 2.75) is 38.2 Å². The first-order valence-corrected chi connectivity index (χ1v) is 8.92. The van der Waals surface area contributed by atoms with E-state index in [1.54, 1.807) is 4.90 Å². The summed E-state index contributed by atoms with van der Waals surface area (Å²) in [6, 6.07) is 4.96. The second-order valence-corrected chi connectivity index (χ2v) is 6.86. The van der Waals surface area contributed by atoms with Crippen LogP contribution < -0.4 is 10.1 Å². The number of carbonyl (C=O) groups excluding carboxylic acids is 2. The molecule has 1 saturated carbocycles. The molecular formula is C18H22F3N3O3. The monoisotopic (exact) mass is 385 g/mol. The summed E-state index contributed by atoms with van der Waals surface area (Å²) in [4.78, 5) is 28.3. The lowest BCUT2D eigenvalue weighted by Crippen LogP contribution is -2.55. The minimum Gasteiger partial charge on any atom is -0.406 e. The average Bonchev–Trinajstić information content (AvgIpc) is 3.44. The van der Waals surface area contributed by atoms with E-state index in [2.05, 4.69) is 10.1 Å². The number of ether oxygens (including phenoxy) is 1. The molecule has 2 aliphatic rings. The van der Waals surface area contributed by atoms with E-state index in [1.165, 1.54) is 12.1 Å². The fraction of sp³-hybridized carbons (Fsp3) is 0.556. The van der Waals surface area contributed by atoms with Crippen molar-refractivity contribution in [1.29, 1.82) is 0 Å². The van der Waals surface area contributed by atoms with E-state index < -0.39 is 6.36 Å². The maximum absolute atomic E-state index is 12.5. The lowest BCUT2D eigenvalue weighted by atomic mass is 10.1. The van der Waals surface area contributed by atoms with Crippen molar-refractivity contribution in [2.75, 3.05) is 26.2 Å². The summed E-state index contributed by atoms with van der Waals surface area (Å²) in [5.41, 5.74) is 0.303. The molecule has 1 atom stereocenters. The SMILES string of the molecule is CC(C(=O)NC1CC1)N1CCN(C(=O)c2ccc(OC(F)(F)F)cc2)CC1. The number of nitrogens with zero attached hydrogens (tertiary/aromatic N) is 2. The number of hydrogen-bond acceptors (Lipinski definition) is 4. The number of alkyl halides is 3. The Morgan fingerprint density at radius 3 is 2.22 bits per heavy atom. The number of amides is 2. The number of carbonyl (C=O) groups is 2. The van der Waals surface area contributed by atoms with Crippen molar-refractivity contribution in [3.8, 4) is 5.75 Å². The highest BCUT2D eigenvalue weighted by Crippen LogP contribution is 2.23. The molecule has 0 spiro atoms. The van der Waals surface area contributed by atoms with Crippen molar-refractivity contribution in [1.82, 2.24) is 15.1 Å². The fourth-order valence-electron chi connectivity index (χ4n) is 3.01. The van der Waals surface area contributed by atoms with E-state index >= 15 is 0 Å². The molecule has 6 nitrogen and oxygen atoms in total. The van der Waals surface area contributed by atoms with Crippen LogP contribution in [0.2, 0.25) is 0 Å². The van der Waals surface area contributed by atoms with Gasteiger partial charge in [0.2, 0.25) is 5.91 Å². The Balaban J connectivity index is 1.51. The van der Waals surface area contributed by atoms with Crippen LogP contribution in [0, 0.1) is 0 Å². The highest BCUT2D eigenvalue weighted by molar-refractivity contribution is 5.94. The quantitative estimate of drug-likeness (QED) is 0.842. The van der Waals surface area contributed by atoms with Crippen LogP contribution in [0.25, 0.3) is 0 Å². The third-order valence-corrected chi connectivity index (χ3v) is 4.79. The standard InChI is InChI=1S/C18H22F3N3O3/c1-12(16(25)22-14-4-5-14)23-8-10-24(11-9-23)17(26)13-2-6-15(7-3-13)27-18(19,20)21/h2-3,6-7,12,14H,4-5,8-11H2,1H3,(H,22,25). The molecule has 9 heteroatoms. The number of benzene rings is 1. The summed E-state index contributed by atoms with van der Waals surface area (Å²) in [5.74, 6) is -0.597. The third kappa shape index (κ3) is 5.35. The Hall–Kier alpha value is -2.29. The van der Waals surface area contributed by atoms with Crippen LogP contribution in [0.1, 0.15) is 30.1 Å². The molecule has 27 heavy (non-hydrogen) atoms. The predicted octanol–water partition coefficient (Wildman–Crippen LogP) is 2.01. The van der Waals surface area contributed by atoms with Gasteiger partial charge in [-0.3, -0.25) is 14.5 Å². The Morgan fingerprint density at radius 2 is 1.70 bits per heavy atom. The van der Waals surface area contributed by atoms with Gasteiger partial charge in [0.15, 0.2) is 0 Å². The molecule has 2 amide bonds. The first-order valence-electron chi connectivity index (χ1n) is 8.92. The maximum Gasteiger partial charge on any atom is 0.573 e. The van der Waals surface area contributed by atoms with Crippen LogP contribution in [0.5, 0.6) is 5.75 Å². The van der Waals surface area contributed by atoms with Crippen LogP contribution in [0.15, 0.2) is 24.3 Å². The highest BCUT2D eigenvalue weighted by Gasteiger charge is 2.32. The summed E-state index contributed by atoms with van der Waals surface area (Å²) in [6.45, 7) is 3.91. The number of halogens is 3. The zero-order valence-corrected chi connectivity index (χ0v) is 15.0. The summed E-state index contributed by atoms with van der Waals surface area (Å²) in [6.07, 6.45) is -2.69. The molecular weight excluding hydrogens is 363 g/mol. The molecule has 1 unspecified atom stereocenters. The van der Waals surface area contributed by atoms with Gasteiger partial charge in [-0.05, 0) is 44.0 Å². The molecule has 1 heterocycles. The van der Waals surface area contributed by atoms with E-state index in [9.17, 15) is 22.8 Å². The van der Waals surface area contributed by atoms with Gasteiger partial charge < -0.3 is 15.0 Å². The van der Waals surface area contributed by atoms with Crippen LogP contribution in [0.4, 0.5) is 13.2 Å². The van der Waals surface area contributed by atoms with Crippen LogP contribution in [-0.2, 0) is 4.79 Å². The zero-order chi connectivity index (χ0) is 19.6. The summed E-state index contributed by atoms with van der Waals surface area (Å²) < 4.78 is 40.4. The number of hydrogen-bond donors (Lipinski definition) is 1. The van der Waals surface area contributed by atoms with E-state index in [1.807, 2.05) is 11.8 Å². The van der Waals surface area contributed by atoms with Crippen LogP contribution in [0.3, 0.4) is 0 Å². The third-order valence-electron chi connectivity index (χ3n) is 4.79. The van der Waals surface area contributed by atoms with E-state index in [0.717, 1.165) is 25.0 Å². The normalized spacial score (nSPS) is 19.5. The van der Waals surface area contributed by atoms with Crippen molar-refractivity contribution in [3.05, 3.63) is 29.8 Å². The van der Waals surface area contributed by atoms with Gasteiger partial charge in [-0.2, -0.15) is 0 Å². The predicted molar refractivity (Wildman–Crippen MR) is 91.2 cm³/mol. The molecule has 2 fully saturated rings. The average molecular weight is 385 g/mol. The molecule has 1 aliphatic heterocycles. The zero-order valence-electron chi connectivity index (χ0n) is 15.0. The Morgan fingerprint density at radius 1 is 1.11 bits per heavy atom. The van der Waals surface area contributed by atoms with Gasteiger partial charge in [0.05, 0.1) is 6.04 Å². The number of piperazine rings is 1. The Labute approximate surface area is 155 Å². The van der Waals surface area contributed by atoms with Gasteiger partial charge in [-0.1, -0.05) is 0 Å². The van der Waals surface area contributed by atoms with Crippen molar-refractivity contribution < 1.29 is 27.5 Å². The van der Waals surface area contributed by atoms with E-state index in [-0.39, 0.29) is 23.6 Å². The van der Waals surface area contributed by atoms with Crippen molar-refractivity contribution in [2.24, 2.45) is 0 Å². The molecule has 3 rings (SSSR count). The molecule has 148 valence electrons. The van der Waals surface area contributed by atoms with Gasteiger partial charge in [0, 0.05) is 37.8 Å². The molecule has 1 aliphatic carbocycles.